The molecule has 0 fully saturated rings. The van der Waals surface area contributed by atoms with Crippen molar-refractivity contribution in [3.05, 3.63) is 59.7 Å². The molecule has 0 amide bonds. The van der Waals surface area contributed by atoms with Gasteiger partial charge in [0.15, 0.2) is 15.3 Å². The Bertz CT molecular complexity index is 1090. The van der Waals surface area contributed by atoms with Gasteiger partial charge in [0, 0.05) is 40.4 Å². The highest BCUT2D eigenvalue weighted by Crippen LogP contribution is 2.39. The van der Waals surface area contributed by atoms with Gasteiger partial charge in [0.25, 0.3) is 0 Å². The maximum atomic E-state index is 4.82. The molecule has 1 aromatic carbocycles. The minimum absolute atomic E-state index is 0.356. The van der Waals surface area contributed by atoms with Crippen LogP contribution in [0.3, 0.4) is 0 Å². The van der Waals surface area contributed by atoms with Crippen molar-refractivity contribution in [2.24, 2.45) is 0 Å². The SMILES string of the molecule is Cc1ccc(-c2csc(SC[C@@H]3CSc4nnc(-c5ccncc5)n43)n2)cc1. The Morgan fingerprint density at radius 3 is 2.71 bits per heavy atom. The number of hydrogen-bond acceptors (Lipinski definition) is 7. The summed E-state index contributed by atoms with van der Waals surface area (Å²) in [4.78, 5) is 8.92. The van der Waals surface area contributed by atoms with Crippen LogP contribution in [-0.2, 0) is 0 Å². The van der Waals surface area contributed by atoms with Gasteiger partial charge in [-0.2, -0.15) is 0 Å². The predicted molar refractivity (Wildman–Crippen MR) is 116 cm³/mol. The van der Waals surface area contributed by atoms with Crippen molar-refractivity contribution in [1.82, 2.24) is 24.7 Å². The van der Waals surface area contributed by atoms with Crippen LogP contribution in [0.15, 0.2) is 63.7 Å². The maximum absolute atomic E-state index is 4.82. The minimum atomic E-state index is 0.356. The standard InChI is InChI=1S/C20H17N5S3/c1-13-2-4-14(5-3-13)17-12-28-20(22-17)27-11-16-10-26-19-24-23-18(25(16)19)15-6-8-21-9-7-15/h2-9,12,16H,10-11H2,1H3/t16-/m0/s1. The van der Waals surface area contributed by atoms with E-state index < -0.39 is 0 Å². The number of fused-ring (bicyclic) bond motifs is 1. The van der Waals surface area contributed by atoms with E-state index in [9.17, 15) is 0 Å². The number of thiazole rings is 1. The second-order valence-corrected chi connectivity index (χ2v) is 9.66. The molecular formula is C20H17N5S3. The first kappa shape index (κ1) is 17.9. The molecule has 0 saturated heterocycles. The molecule has 5 nitrogen and oxygen atoms in total. The molecule has 28 heavy (non-hydrogen) atoms. The van der Waals surface area contributed by atoms with E-state index in [0.29, 0.717) is 6.04 Å². The maximum Gasteiger partial charge on any atom is 0.191 e. The fourth-order valence-corrected chi connectivity index (χ4v) is 6.29. The average Bonchev–Trinajstić information content (AvgIpc) is 3.45. The highest BCUT2D eigenvalue weighted by molar-refractivity contribution is 8.01. The molecule has 0 radical (unpaired) electrons. The largest absolute Gasteiger partial charge is 0.297 e. The molecule has 3 aromatic heterocycles. The van der Waals surface area contributed by atoms with E-state index in [4.69, 9.17) is 4.98 Å². The lowest BCUT2D eigenvalue weighted by atomic mass is 10.1. The van der Waals surface area contributed by atoms with E-state index in [2.05, 4.69) is 56.3 Å². The third-order valence-electron chi connectivity index (χ3n) is 4.60. The number of pyridine rings is 1. The van der Waals surface area contributed by atoms with E-state index in [1.807, 2.05) is 23.9 Å². The van der Waals surface area contributed by atoms with Crippen LogP contribution in [0.4, 0.5) is 0 Å². The van der Waals surface area contributed by atoms with Crippen molar-refractivity contribution >= 4 is 34.9 Å². The van der Waals surface area contributed by atoms with Crippen LogP contribution in [0.25, 0.3) is 22.6 Å². The molecule has 140 valence electrons. The first-order valence-corrected chi connectivity index (χ1v) is 11.8. The summed E-state index contributed by atoms with van der Waals surface area (Å²) < 4.78 is 3.37. The number of rotatable bonds is 5. The van der Waals surface area contributed by atoms with E-state index in [0.717, 1.165) is 38.1 Å². The Morgan fingerprint density at radius 2 is 1.89 bits per heavy atom. The zero-order chi connectivity index (χ0) is 18.9. The summed E-state index contributed by atoms with van der Waals surface area (Å²) in [7, 11) is 0. The summed E-state index contributed by atoms with van der Waals surface area (Å²) in [5.74, 6) is 2.90. The molecule has 4 heterocycles. The van der Waals surface area contributed by atoms with Crippen LogP contribution in [0, 0.1) is 6.92 Å². The van der Waals surface area contributed by atoms with Crippen molar-refractivity contribution < 1.29 is 0 Å². The predicted octanol–water partition coefficient (Wildman–Crippen LogP) is 5.21. The van der Waals surface area contributed by atoms with Crippen LogP contribution in [-0.4, -0.2) is 36.2 Å². The number of thioether (sulfide) groups is 2. The Kier molecular flexibility index (Phi) is 4.92. The molecule has 0 N–H and O–H groups in total. The topological polar surface area (TPSA) is 56.5 Å². The fourth-order valence-electron chi connectivity index (χ4n) is 3.12. The van der Waals surface area contributed by atoms with Crippen LogP contribution >= 0.6 is 34.9 Å². The van der Waals surface area contributed by atoms with Crippen molar-refractivity contribution in [3.63, 3.8) is 0 Å². The third-order valence-corrected chi connectivity index (χ3v) is 7.86. The number of nitrogens with zero attached hydrogens (tertiary/aromatic N) is 5. The second kappa shape index (κ2) is 7.69. The van der Waals surface area contributed by atoms with Gasteiger partial charge in [0.2, 0.25) is 0 Å². The Hall–Kier alpha value is -2.16. The molecule has 4 aromatic rings. The van der Waals surface area contributed by atoms with Crippen molar-refractivity contribution in [2.45, 2.75) is 22.5 Å². The summed E-state index contributed by atoms with van der Waals surface area (Å²) in [5.41, 5.74) is 4.55. The fraction of sp³-hybridized carbons (Fsp3) is 0.200. The monoisotopic (exact) mass is 423 g/mol. The minimum Gasteiger partial charge on any atom is -0.297 e. The zero-order valence-corrected chi connectivity index (χ0v) is 17.6. The van der Waals surface area contributed by atoms with Crippen LogP contribution in [0.5, 0.6) is 0 Å². The lowest BCUT2D eigenvalue weighted by Gasteiger charge is -2.13. The summed E-state index contributed by atoms with van der Waals surface area (Å²) >= 11 is 5.30. The molecule has 0 saturated carbocycles. The second-order valence-electron chi connectivity index (χ2n) is 6.55. The molecule has 8 heteroatoms. The highest BCUT2D eigenvalue weighted by Gasteiger charge is 2.28. The van der Waals surface area contributed by atoms with Gasteiger partial charge in [-0.3, -0.25) is 9.55 Å². The molecule has 0 bridgehead atoms. The molecule has 0 aliphatic carbocycles. The van der Waals surface area contributed by atoms with Crippen LogP contribution in [0.1, 0.15) is 11.6 Å². The smallest absolute Gasteiger partial charge is 0.191 e. The van der Waals surface area contributed by atoms with Gasteiger partial charge in [-0.1, -0.05) is 53.4 Å². The van der Waals surface area contributed by atoms with Gasteiger partial charge >= 0.3 is 0 Å². The van der Waals surface area contributed by atoms with Gasteiger partial charge in [-0.05, 0) is 19.1 Å². The number of aromatic nitrogens is 5. The number of aryl methyl sites for hydroxylation is 1. The van der Waals surface area contributed by atoms with Gasteiger partial charge in [0.1, 0.15) is 0 Å². The quantitative estimate of drug-likeness (QED) is 0.411. The van der Waals surface area contributed by atoms with Crippen LogP contribution in [0.2, 0.25) is 0 Å². The Morgan fingerprint density at radius 1 is 1.07 bits per heavy atom. The number of benzene rings is 1. The van der Waals surface area contributed by atoms with Gasteiger partial charge < -0.3 is 0 Å². The van der Waals surface area contributed by atoms with Gasteiger partial charge in [-0.25, -0.2) is 4.98 Å². The van der Waals surface area contributed by atoms with Crippen molar-refractivity contribution in [2.75, 3.05) is 11.5 Å². The molecule has 1 atom stereocenters. The summed E-state index contributed by atoms with van der Waals surface area (Å²) in [6, 6.07) is 12.9. The molecule has 1 aliphatic heterocycles. The van der Waals surface area contributed by atoms with E-state index in [1.165, 1.54) is 11.1 Å². The van der Waals surface area contributed by atoms with Gasteiger partial charge in [0.05, 0.1) is 11.7 Å². The highest BCUT2D eigenvalue weighted by atomic mass is 32.2. The third kappa shape index (κ3) is 3.47. The lowest BCUT2D eigenvalue weighted by molar-refractivity contribution is 0.597. The first-order chi connectivity index (χ1) is 13.8. The summed E-state index contributed by atoms with van der Waals surface area (Å²) in [6.07, 6.45) is 3.59. The Balaban J connectivity index is 1.32. The average molecular weight is 424 g/mol. The van der Waals surface area contributed by atoms with Gasteiger partial charge in [-0.15, -0.1) is 21.5 Å². The summed E-state index contributed by atoms with van der Waals surface area (Å²) in [6.45, 7) is 2.10. The zero-order valence-electron chi connectivity index (χ0n) is 15.1. The molecular weight excluding hydrogens is 406 g/mol. The van der Waals surface area contributed by atoms with E-state index in [-0.39, 0.29) is 0 Å². The molecule has 5 rings (SSSR count). The first-order valence-electron chi connectivity index (χ1n) is 8.91. The molecule has 1 aliphatic rings. The molecule has 0 unspecified atom stereocenters. The summed E-state index contributed by atoms with van der Waals surface area (Å²) in [5, 5.41) is 11.9. The molecule has 0 spiro atoms. The van der Waals surface area contributed by atoms with E-state index in [1.54, 1.807) is 35.5 Å². The van der Waals surface area contributed by atoms with Crippen molar-refractivity contribution in [1.29, 1.82) is 0 Å². The van der Waals surface area contributed by atoms with Crippen LogP contribution < -0.4 is 0 Å². The normalized spacial score (nSPS) is 15.7. The number of hydrogen-bond donors (Lipinski definition) is 0. The van der Waals surface area contributed by atoms with Crippen molar-refractivity contribution in [3.8, 4) is 22.6 Å². The van der Waals surface area contributed by atoms with E-state index >= 15 is 0 Å². The Labute approximate surface area is 175 Å². The lowest BCUT2D eigenvalue weighted by Crippen LogP contribution is -2.11.